The Balaban J connectivity index is 1.93. The lowest BCUT2D eigenvalue weighted by molar-refractivity contribution is 0.265. The van der Waals surface area contributed by atoms with E-state index in [1.807, 2.05) is 0 Å². The summed E-state index contributed by atoms with van der Waals surface area (Å²) in [4.78, 5) is 16.8. The third-order valence-corrected chi connectivity index (χ3v) is 3.12. The first-order chi connectivity index (χ1) is 9.24. The zero-order valence-electron chi connectivity index (χ0n) is 10.5. The molecule has 0 amide bonds. The highest BCUT2D eigenvalue weighted by Gasteiger charge is 2.42. The Kier molecular flexibility index (Phi) is 2.79. The van der Waals surface area contributed by atoms with Gasteiger partial charge in [-0.25, -0.2) is 4.98 Å². The molecule has 1 fully saturated rings. The van der Waals surface area contributed by atoms with E-state index in [1.165, 1.54) is 0 Å². The van der Waals surface area contributed by atoms with Gasteiger partial charge in [0.1, 0.15) is 6.33 Å². The number of aromatic nitrogens is 5. The fourth-order valence-electron chi connectivity index (χ4n) is 1.74. The number of hydrogen-bond acceptors (Lipinski definition) is 7. The van der Waals surface area contributed by atoms with Crippen LogP contribution < -0.4 is 10.6 Å². The largest absolute Gasteiger partial charge is 0.394 e. The summed E-state index contributed by atoms with van der Waals surface area (Å²) < 4.78 is 1.70. The maximum Gasteiger partial charge on any atom is 0.241 e. The van der Waals surface area contributed by atoms with Crippen molar-refractivity contribution in [3.05, 3.63) is 18.7 Å². The molecular formula is C11H15N7O. The van der Waals surface area contributed by atoms with E-state index in [2.05, 4.69) is 30.6 Å². The molecule has 1 saturated carbocycles. The zero-order valence-corrected chi connectivity index (χ0v) is 10.5. The topological polar surface area (TPSA) is 101 Å². The van der Waals surface area contributed by atoms with Crippen LogP contribution in [0.15, 0.2) is 18.7 Å². The summed E-state index contributed by atoms with van der Waals surface area (Å²) in [6.45, 7) is 0.0774. The molecule has 0 aromatic carbocycles. The fraction of sp³-hybridized carbons (Fsp3) is 0.455. The van der Waals surface area contributed by atoms with Gasteiger partial charge in [-0.05, 0) is 12.8 Å². The molecule has 0 unspecified atom stereocenters. The number of aliphatic hydroxyl groups excluding tert-OH is 1. The van der Waals surface area contributed by atoms with Crippen LogP contribution in [-0.4, -0.2) is 48.8 Å². The van der Waals surface area contributed by atoms with Crippen LogP contribution in [-0.2, 0) is 0 Å². The molecule has 0 radical (unpaired) electrons. The van der Waals surface area contributed by atoms with E-state index in [9.17, 15) is 5.11 Å². The van der Waals surface area contributed by atoms with Crippen molar-refractivity contribution in [3.63, 3.8) is 0 Å². The van der Waals surface area contributed by atoms with E-state index in [0.717, 1.165) is 12.8 Å². The average Bonchev–Trinajstić information content (AvgIpc) is 3.00. The van der Waals surface area contributed by atoms with Gasteiger partial charge in [0.15, 0.2) is 0 Å². The maximum absolute atomic E-state index is 9.33. The molecule has 3 rings (SSSR count). The van der Waals surface area contributed by atoms with Crippen LogP contribution in [0.1, 0.15) is 12.8 Å². The number of rotatable bonds is 5. The molecule has 19 heavy (non-hydrogen) atoms. The molecule has 1 aliphatic carbocycles. The van der Waals surface area contributed by atoms with E-state index < -0.39 is 0 Å². The molecule has 2 aromatic heterocycles. The minimum atomic E-state index is -0.265. The Hall–Kier alpha value is -2.22. The highest BCUT2D eigenvalue weighted by molar-refractivity contribution is 5.41. The van der Waals surface area contributed by atoms with Crippen molar-refractivity contribution in [3.8, 4) is 5.95 Å². The van der Waals surface area contributed by atoms with Gasteiger partial charge in [0, 0.05) is 19.4 Å². The van der Waals surface area contributed by atoms with Gasteiger partial charge in [-0.15, -0.1) is 0 Å². The Morgan fingerprint density at radius 3 is 2.68 bits per heavy atom. The first-order valence-electron chi connectivity index (χ1n) is 6.06. The molecule has 0 bridgehead atoms. The summed E-state index contributed by atoms with van der Waals surface area (Å²) >= 11 is 0. The molecule has 8 nitrogen and oxygen atoms in total. The van der Waals surface area contributed by atoms with Crippen LogP contribution in [0.4, 0.5) is 11.9 Å². The third kappa shape index (κ3) is 2.34. The summed E-state index contributed by atoms with van der Waals surface area (Å²) in [6, 6.07) is 0. The Morgan fingerprint density at radius 2 is 2.11 bits per heavy atom. The first kappa shape index (κ1) is 11.8. The Bertz CT molecular complexity index is 564. The Morgan fingerprint density at radius 1 is 1.32 bits per heavy atom. The molecule has 100 valence electrons. The van der Waals surface area contributed by atoms with Crippen molar-refractivity contribution in [2.75, 3.05) is 24.3 Å². The van der Waals surface area contributed by atoms with Gasteiger partial charge in [0.05, 0.1) is 12.1 Å². The van der Waals surface area contributed by atoms with Crippen LogP contribution in [0, 0.1) is 0 Å². The standard InChI is InChI=1S/C11H15N7O/c1-12-8-14-9(17-11(6-19)2-3-11)16-10(15-8)18-5-4-13-7-18/h4-5,7,19H,2-3,6H2,1H3,(H2,12,14,15,16,17). The molecule has 0 atom stereocenters. The summed E-state index contributed by atoms with van der Waals surface area (Å²) in [5.41, 5.74) is -0.265. The molecule has 0 saturated heterocycles. The van der Waals surface area contributed by atoms with E-state index in [0.29, 0.717) is 17.8 Å². The third-order valence-electron chi connectivity index (χ3n) is 3.12. The van der Waals surface area contributed by atoms with Crippen molar-refractivity contribution < 1.29 is 5.11 Å². The minimum Gasteiger partial charge on any atom is -0.394 e. The van der Waals surface area contributed by atoms with E-state index in [4.69, 9.17) is 0 Å². The summed E-state index contributed by atoms with van der Waals surface area (Å²) in [6.07, 6.45) is 6.88. The van der Waals surface area contributed by atoms with Crippen LogP contribution >= 0.6 is 0 Å². The number of nitrogens with zero attached hydrogens (tertiary/aromatic N) is 5. The summed E-state index contributed by atoms with van der Waals surface area (Å²) in [5, 5.41) is 15.4. The zero-order chi connectivity index (χ0) is 13.3. The summed E-state index contributed by atoms with van der Waals surface area (Å²) in [5.74, 6) is 1.40. The lowest BCUT2D eigenvalue weighted by Gasteiger charge is -2.15. The Labute approximate surface area is 109 Å². The van der Waals surface area contributed by atoms with Gasteiger partial charge in [-0.1, -0.05) is 0 Å². The highest BCUT2D eigenvalue weighted by Crippen LogP contribution is 2.37. The number of imidazole rings is 1. The van der Waals surface area contributed by atoms with Crippen LogP contribution in [0.3, 0.4) is 0 Å². The normalized spacial score (nSPS) is 16.1. The first-order valence-corrected chi connectivity index (χ1v) is 6.06. The average molecular weight is 261 g/mol. The number of nitrogens with one attached hydrogen (secondary N) is 2. The monoisotopic (exact) mass is 261 g/mol. The number of hydrogen-bond donors (Lipinski definition) is 3. The highest BCUT2D eigenvalue weighted by atomic mass is 16.3. The predicted molar refractivity (Wildman–Crippen MR) is 69.2 cm³/mol. The predicted octanol–water partition coefficient (Wildman–Crippen LogP) is 0.0358. The molecule has 8 heteroatoms. The summed E-state index contributed by atoms with van der Waals surface area (Å²) in [7, 11) is 1.75. The fourth-order valence-corrected chi connectivity index (χ4v) is 1.74. The maximum atomic E-state index is 9.33. The molecular weight excluding hydrogens is 246 g/mol. The van der Waals surface area contributed by atoms with Crippen LogP contribution in [0.25, 0.3) is 5.95 Å². The lowest BCUT2D eigenvalue weighted by atomic mass is 10.3. The van der Waals surface area contributed by atoms with Crippen molar-refractivity contribution >= 4 is 11.9 Å². The lowest BCUT2D eigenvalue weighted by Crippen LogP contribution is -2.27. The molecule has 1 aliphatic rings. The van der Waals surface area contributed by atoms with Gasteiger partial charge in [-0.3, -0.25) is 4.57 Å². The molecule has 2 aromatic rings. The van der Waals surface area contributed by atoms with Gasteiger partial charge in [-0.2, -0.15) is 15.0 Å². The second-order valence-corrected chi connectivity index (χ2v) is 4.57. The van der Waals surface area contributed by atoms with Gasteiger partial charge < -0.3 is 15.7 Å². The molecule has 0 spiro atoms. The SMILES string of the molecule is CNc1nc(NC2(CO)CC2)nc(-n2ccnc2)n1. The van der Waals surface area contributed by atoms with Gasteiger partial charge in [0.2, 0.25) is 17.8 Å². The number of aliphatic hydroxyl groups is 1. The molecule has 0 aliphatic heterocycles. The van der Waals surface area contributed by atoms with Gasteiger partial charge >= 0.3 is 0 Å². The second-order valence-electron chi connectivity index (χ2n) is 4.57. The van der Waals surface area contributed by atoms with Crippen molar-refractivity contribution in [2.24, 2.45) is 0 Å². The van der Waals surface area contributed by atoms with Crippen LogP contribution in [0.5, 0.6) is 0 Å². The van der Waals surface area contributed by atoms with Crippen molar-refractivity contribution in [1.29, 1.82) is 0 Å². The quantitative estimate of drug-likeness (QED) is 0.698. The van der Waals surface area contributed by atoms with Gasteiger partial charge in [0.25, 0.3) is 0 Å². The van der Waals surface area contributed by atoms with E-state index in [-0.39, 0.29) is 12.1 Å². The van der Waals surface area contributed by atoms with Crippen molar-refractivity contribution in [2.45, 2.75) is 18.4 Å². The second kappa shape index (κ2) is 4.47. The van der Waals surface area contributed by atoms with Crippen LogP contribution in [0.2, 0.25) is 0 Å². The van der Waals surface area contributed by atoms with E-state index in [1.54, 1.807) is 30.3 Å². The van der Waals surface area contributed by atoms with Crippen molar-refractivity contribution in [1.82, 2.24) is 24.5 Å². The minimum absolute atomic E-state index is 0.0774. The van der Waals surface area contributed by atoms with E-state index >= 15 is 0 Å². The number of anilines is 2. The molecule has 2 heterocycles. The molecule has 3 N–H and O–H groups in total. The smallest absolute Gasteiger partial charge is 0.241 e.